The van der Waals surface area contributed by atoms with E-state index in [0.717, 1.165) is 18.2 Å². The molecule has 2 aromatic rings. The number of hydrogen-bond donors (Lipinski definition) is 3. The third-order valence-electron chi connectivity index (χ3n) is 2.66. The Hall–Kier alpha value is -2.46. The first kappa shape index (κ1) is 14.9. The Kier molecular flexibility index (Phi) is 4.19. The number of phenols is 1. The van der Waals surface area contributed by atoms with Gasteiger partial charge in [0, 0.05) is 31.4 Å². The van der Waals surface area contributed by atoms with Crippen LogP contribution in [-0.2, 0) is 16.4 Å². The van der Waals surface area contributed by atoms with E-state index in [-0.39, 0.29) is 11.4 Å². The van der Waals surface area contributed by atoms with Crippen LogP contribution in [0.5, 0.6) is 5.75 Å². The summed E-state index contributed by atoms with van der Waals surface area (Å²) in [6, 6.07) is 2.88. The monoisotopic (exact) mass is 312 g/mol. The highest BCUT2D eigenvalue weighted by molar-refractivity contribution is 7.89. The number of hydrogen-bond acceptors (Lipinski definition) is 6. The van der Waals surface area contributed by atoms with Crippen molar-refractivity contribution in [1.29, 1.82) is 0 Å². The number of benzene rings is 1. The highest BCUT2D eigenvalue weighted by Crippen LogP contribution is 2.28. The van der Waals surface area contributed by atoms with E-state index in [0.29, 0.717) is 12.2 Å². The number of nitro groups is 1. The van der Waals surface area contributed by atoms with Crippen molar-refractivity contribution < 1.29 is 18.4 Å². The van der Waals surface area contributed by atoms with Crippen molar-refractivity contribution in [2.45, 2.75) is 11.3 Å². The Bertz CT molecular complexity index is 742. The molecule has 3 N–H and O–H groups in total. The molecule has 9 nitrogen and oxygen atoms in total. The molecule has 1 heterocycles. The van der Waals surface area contributed by atoms with Crippen LogP contribution in [0.4, 0.5) is 5.69 Å². The predicted molar refractivity (Wildman–Crippen MR) is 72.2 cm³/mol. The molecule has 0 saturated carbocycles. The van der Waals surface area contributed by atoms with Gasteiger partial charge >= 0.3 is 5.69 Å². The first-order valence-corrected chi connectivity index (χ1v) is 7.34. The summed E-state index contributed by atoms with van der Waals surface area (Å²) < 4.78 is 26.3. The largest absolute Gasteiger partial charge is 0.502 e. The fourth-order valence-corrected chi connectivity index (χ4v) is 2.69. The summed E-state index contributed by atoms with van der Waals surface area (Å²) in [5, 5.41) is 20.0. The molecule has 1 aromatic carbocycles. The Morgan fingerprint density at radius 3 is 2.81 bits per heavy atom. The van der Waals surface area contributed by atoms with Gasteiger partial charge in [0.2, 0.25) is 10.0 Å². The van der Waals surface area contributed by atoms with Crippen LogP contribution < -0.4 is 4.72 Å². The minimum absolute atomic E-state index is 0.0878. The standard InChI is InChI=1S/C11H12N4O5S/c16-10-2-1-8(7-9(10)15(17)18)21(19,20)14-4-3-11-12-5-6-13-11/h1-2,5-7,14,16H,3-4H2,(H,12,13). The van der Waals surface area contributed by atoms with E-state index >= 15 is 0 Å². The van der Waals surface area contributed by atoms with E-state index < -0.39 is 26.4 Å². The quantitative estimate of drug-likeness (QED) is 0.526. The summed E-state index contributed by atoms with van der Waals surface area (Å²) in [4.78, 5) is 16.3. The molecule has 0 aliphatic rings. The maximum atomic E-state index is 12.0. The van der Waals surface area contributed by atoms with Crippen LogP contribution in [0.15, 0.2) is 35.5 Å². The van der Waals surface area contributed by atoms with E-state index in [1.165, 1.54) is 0 Å². The number of rotatable bonds is 6. The molecule has 21 heavy (non-hydrogen) atoms. The number of nitrogens with one attached hydrogen (secondary N) is 2. The summed E-state index contributed by atoms with van der Waals surface area (Å²) >= 11 is 0. The molecule has 1 aromatic heterocycles. The second-order valence-corrected chi connectivity index (χ2v) is 5.86. The van der Waals surface area contributed by atoms with Crippen LogP contribution in [0, 0.1) is 10.1 Å². The van der Waals surface area contributed by atoms with Gasteiger partial charge in [0.25, 0.3) is 0 Å². The van der Waals surface area contributed by atoms with Gasteiger partial charge in [0.05, 0.1) is 9.82 Å². The first-order chi connectivity index (χ1) is 9.90. The SMILES string of the molecule is O=[N+]([O-])c1cc(S(=O)(=O)NCCc2ncc[nH]2)ccc1O. The van der Waals surface area contributed by atoms with Crippen LogP contribution in [0.2, 0.25) is 0 Å². The lowest BCUT2D eigenvalue weighted by Crippen LogP contribution is -2.26. The minimum atomic E-state index is -3.89. The molecule has 10 heteroatoms. The Morgan fingerprint density at radius 2 is 2.19 bits per heavy atom. The van der Waals surface area contributed by atoms with Crippen molar-refractivity contribution in [3.8, 4) is 5.75 Å². The Balaban J connectivity index is 2.12. The van der Waals surface area contributed by atoms with E-state index in [1.54, 1.807) is 12.4 Å². The number of aromatic hydroxyl groups is 1. The molecule has 112 valence electrons. The maximum Gasteiger partial charge on any atom is 0.312 e. The molecule has 0 aliphatic heterocycles. The zero-order valence-electron chi connectivity index (χ0n) is 10.7. The lowest BCUT2D eigenvalue weighted by molar-refractivity contribution is -0.386. The van der Waals surface area contributed by atoms with E-state index in [2.05, 4.69) is 14.7 Å². The van der Waals surface area contributed by atoms with Gasteiger partial charge < -0.3 is 10.1 Å². The first-order valence-electron chi connectivity index (χ1n) is 5.85. The molecule has 0 amide bonds. The summed E-state index contributed by atoms with van der Waals surface area (Å²) in [7, 11) is -3.89. The van der Waals surface area contributed by atoms with Crippen molar-refractivity contribution in [1.82, 2.24) is 14.7 Å². The molecule has 0 bridgehead atoms. The van der Waals surface area contributed by atoms with Crippen molar-refractivity contribution in [3.63, 3.8) is 0 Å². The Morgan fingerprint density at radius 1 is 1.43 bits per heavy atom. The van der Waals surface area contributed by atoms with Crippen molar-refractivity contribution >= 4 is 15.7 Å². The molecule has 2 rings (SSSR count). The molecular weight excluding hydrogens is 300 g/mol. The van der Waals surface area contributed by atoms with Gasteiger partial charge in [0.1, 0.15) is 5.82 Å². The third kappa shape index (κ3) is 3.55. The van der Waals surface area contributed by atoms with Crippen LogP contribution in [0.1, 0.15) is 5.82 Å². The van der Waals surface area contributed by atoms with Crippen molar-refractivity contribution in [2.24, 2.45) is 0 Å². The number of phenolic OH excluding ortho intramolecular Hbond substituents is 1. The average Bonchev–Trinajstić information content (AvgIpc) is 2.91. The van der Waals surface area contributed by atoms with Crippen molar-refractivity contribution in [3.05, 3.63) is 46.5 Å². The Labute approximate surface area is 119 Å². The predicted octanol–water partition coefficient (Wildman–Crippen LogP) is 0.544. The second kappa shape index (κ2) is 5.89. The second-order valence-electron chi connectivity index (χ2n) is 4.09. The fraction of sp³-hybridized carbons (Fsp3) is 0.182. The summed E-state index contributed by atoms with van der Waals surface area (Å²) in [6.45, 7) is 0.0878. The molecule has 0 saturated heterocycles. The van der Waals surface area contributed by atoms with Gasteiger partial charge in [-0.3, -0.25) is 10.1 Å². The molecule has 0 radical (unpaired) electrons. The van der Waals surface area contributed by atoms with Gasteiger partial charge in [-0.15, -0.1) is 0 Å². The summed E-state index contributed by atoms with van der Waals surface area (Å²) in [5.74, 6) is 0.0314. The molecule has 0 atom stereocenters. The summed E-state index contributed by atoms with van der Waals surface area (Å²) in [5.41, 5.74) is -0.663. The van der Waals surface area contributed by atoms with Gasteiger partial charge in [-0.2, -0.15) is 0 Å². The number of nitrogens with zero attached hydrogens (tertiary/aromatic N) is 2. The number of sulfonamides is 1. The summed E-state index contributed by atoms with van der Waals surface area (Å²) in [6.07, 6.45) is 3.52. The number of aromatic nitrogens is 2. The zero-order chi connectivity index (χ0) is 15.5. The number of H-pyrrole nitrogens is 1. The van der Waals surface area contributed by atoms with Gasteiger partial charge in [-0.05, 0) is 12.1 Å². The van der Waals surface area contributed by atoms with Crippen LogP contribution >= 0.6 is 0 Å². The zero-order valence-corrected chi connectivity index (χ0v) is 11.5. The van der Waals surface area contributed by atoms with Crippen LogP contribution in [0.3, 0.4) is 0 Å². The highest BCUT2D eigenvalue weighted by Gasteiger charge is 2.20. The topological polar surface area (TPSA) is 138 Å². The lowest BCUT2D eigenvalue weighted by atomic mass is 10.3. The van der Waals surface area contributed by atoms with Gasteiger partial charge in [0.15, 0.2) is 5.75 Å². The normalized spacial score (nSPS) is 11.4. The maximum absolute atomic E-state index is 12.0. The molecule has 0 fully saturated rings. The molecular formula is C11H12N4O5S. The van der Waals surface area contributed by atoms with Crippen molar-refractivity contribution in [2.75, 3.05) is 6.54 Å². The molecule has 0 aliphatic carbocycles. The van der Waals surface area contributed by atoms with E-state index in [1.807, 2.05) is 0 Å². The highest BCUT2D eigenvalue weighted by atomic mass is 32.2. The van der Waals surface area contributed by atoms with Crippen LogP contribution in [0.25, 0.3) is 0 Å². The third-order valence-corrected chi connectivity index (χ3v) is 4.12. The van der Waals surface area contributed by atoms with Crippen LogP contribution in [-0.4, -0.2) is 35.0 Å². The fourth-order valence-electron chi connectivity index (χ4n) is 1.64. The minimum Gasteiger partial charge on any atom is -0.502 e. The van der Waals surface area contributed by atoms with E-state index in [9.17, 15) is 23.6 Å². The average molecular weight is 312 g/mol. The van der Waals surface area contributed by atoms with Gasteiger partial charge in [-0.1, -0.05) is 0 Å². The lowest BCUT2D eigenvalue weighted by Gasteiger charge is -2.06. The number of imidazole rings is 1. The smallest absolute Gasteiger partial charge is 0.312 e. The molecule has 0 unspecified atom stereocenters. The van der Waals surface area contributed by atoms with E-state index in [4.69, 9.17) is 0 Å². The molecule has 0 spiro atoms. The number of aromatic amines is 1. The van der Waals surface area contributed by atoms with Gasteiger partial charge in [-0.25, -0.2) is 18.1 Å². The number of nitro benzene ring substituents is 1.